The number of anilines is 5. The molecule has 296 valence electrons. The second-order valence-corrected chi connectivity index (χ2v) is 13.1. The summed E-state index contributed by atoms with van der Waals surface area (Å²) in [6.45, 7) is 0. The molecule has 7 rings (SSSR count). The van der Waals surface area contributed by atoms with Gasteiger partial charge in [0.15, 0.2) is 0 Å². The molecule has 0 aliphatic rings. The fourth-order valence-corrected chi connectivity index (χ4v) is 5.61. The van der Waals surface area contributed by atoms with Gasteiger partial charge in [0.1, 0.15) is 0 Å². The molecule has 0 aliphatic heterocycles. The van der Waals surface area contributed by atoms with E-state index in [9.17, 15) is 28.8 Å². The van der Waals surface area contributed by atoms with Gasteiger partial charge in [-0.1, -0.05) is 72.8 Å². The van der Waals surface area contributed by atoms with Gasteiger partial charge in [-0.3, -0.25) is 28.8 Å². The molecule has 0 saturated heterocycles. The lowest BCUT2D eigenvalue weighted by molar-refractivity contribution is 0.0994. The maximum Gasteiger partial charge on any atom is 0.255 e. The highest BCUT2D eigenvalue weighted by Gasteiger charge is 2.17. The number of para-hydroxylation sites is 1. The Morgan fingerprint density at radius 1 is 0.267 bits per heavy atom. The molecule has 7 N–H and O–H groups in total. The van der Waals surface area contributed by atoms with Crippen molar-refractivity contribution in [3.63, 3.8) is 0 Å². The second-order valence-electron chi connectivity index (χ2n) is 13.1. The van der Waals surface area contributed by atoms with Crippen LogP contribution in [0.15, 0.2) is 188 Å². The topological polar surface area (TPSA) is 189 Å². The molecule has 0 saturated carbocycles. The summed E-state index contributed by atoms with van der Waals surface area (Å²) in [4.78, 5) is 74.7. The third-order valence-electron chi connectivity index (χ3n) is 8.68. The van der Waals surface area contributed by atoms with Crippen LogP contribution in [-0.4, -0.2) is 35.4 Å². The van der Waals surface area contributed by atoms with E-state index in [0.717, 1.165) is 5.69 Å². The summed E-state index contributed by atoms with van der Waals surface area (Å²) in [5, 5.41) is 13.8. The lowest BCUT2D eigenvalue weighted by atomic mass is 10.0. The van der Waals surface area contributed by atoms with Gasteiger partial charge in [-0.25, -0.2) is 0 Å². The van der Waals surface area contributed by atoms with Crippen LogP contribution in [0, 0.1) is 0 Å². The third kappa shape index (κ3) is 11.7. The first kappa shape index (κ1) is 41.0. The molecule has 0 spiro atoms. The minimum Gasteiger partial charge on any atom is -0.366 e. The van der Waals surface area contributed by atoms with Gasteiger partial charge in [0.05, 0.1) is 0 Å². The average molecular weight is 795 g/mol. The summed E-state index contributed by atoms with van der Waals surface area (Å²) in [6, 6.07) is 53.0. The van der Waals surface area contributed by atoms with Crippen LogP contribution in [0.5, 0.6) is 0 Å². The van der Waals surface area contributed by atoms with Crippen molar-refractivity contribution >= 4 is 63.9 Å². The fraction of sp³-hybridized carbons (Fsp3) is 0. The van der Waals surface area contributed by atoms with Crippen LogP contribution in [0.25, 0.3) is 0 Å². The Morgan fingerprint density at radius 3 is 0.750 bits per heavy atom. The third-order valence-corrected chi connectivity index (χ3v) is 8.68. The predicted molar refractivity (Wildman–Crippen MR) is 233 cm³/mol. The molecular weight excluding hydrogens is 757 g/mol. The number of rotatable bonds is 11. The van der Waals surface area contributed by atoms with E-state index in [1.807, 2.05) is 60.7 Å². The van der Waals surface area contributed by atoms with Crippen molar-refractivity contribution in [1.82, 2.24) is 0 Å². The Morgan fingerprint density at radius 2 is 0.483 bits per heavy atom. The van der Waals surface area contributed by atoms with Gasteiger partial charge in [0.25, 0.3) is 29.5 Å². The van der Waals surface area contributed by atoms with Gasteiger partial charge >= 0.3 is 0 Å². The number of amides is 6. The van der Waals surface area contributed by atoms with Crippen molar-refractivity contribution in [2.24, 2.45) is 5.73 Å². The van der Waals surface area contributed by atoms with Crippen LogP contribution in [-0.2, 0) is 0 Å². The first-order chi connectivity index (χ1) is 29.1. The largest absolute Gasteiger partial charge is 0.366 e. The molecule has 12 heteroatoms. The molecule has 0 unspecified atom stereocenters. The first-order valence-corrected chi connectivity index (χ1v) is 18.5. The highest BCUT2D eigenvalue weighted by Crippen LogP contribution is 2.20. The summed E-state index contributed by atoms with van der Waals surface area (Å²) in [5.74, 6) is -2.59. The molecule has 12 nitrogen and oxygen atoms in total. The highest BCUT2D eigenvalue weighted by atomic mass is 16.2. The highest BCUT2D eigenvalue weighted by molar-refractivity contribution is 6.11. The Kier molecular flexibility index (Phi) is 13.7. The zero-order valence-corrected chi connectivity index (χ0v) is 31.9. The van der Waals surface area contributed by atoms with Crippen LogP contribution in [0.1, 0.15) is 62.1 Å². The van der Waals surface area contributed by atoms with Crippen molar-refractivity contribution in [2.75, 3.05) is 26.6 Å². The Bertz CT molecular complexity index is 2480. The summed E-state index contributed by atoms with van der Waals surface area (Å²) in [6.07, 6.45) is 0. The van der Waals surface area contributed by atoms with E-state index < -0.39 is 17.7 Å². The Labute approximate surface area is 345 Å². The standard InChI is InChI=1S/C35H27N5O5.C13H11NO/c36-31(41)24-19-25(34(44)39-29-15-11-27(12-16-29)37-32(42)22-7-3-1-4-8-22)21-26(20-24)35(45)40-30-17-13-28(14-18-30)38-33(43)23-9-5-2-6-10-23;15-13(11-7-3-1-4-8-11)14-12-9-5-2-6-10-12/h1-21H,(H2,36,41)(H,37,42)(H,38,43)(H,39,44)(H,40,45);1-10H,(H,14,15). The van der Waals surface area contributed by atoms with Crippen molar-refractivity contribution in [3.8, 4) is 0 Å². The quantitative estimate of drug-likeness (QED) is 0.0759. The molecule has 0 aliphatic carbocycles. The van der Waals surface area contributed by atoms with E-state index in [1.165, 1.54) is 18.2 Å². The lowest BCUT2D eigenvalue weighted by Gasteiger charge is -2.11. The Balaban J connectivity index is 0.000000336. The number of carbonyl (C=O) groups is 6. The summed E-state index contributed by atoms with van der Waals surface area (Å²) < 4.78 is 0. The molecule has 0 aromatic heterocycles. The number of benzene rings is 7. The van der Waals surface area contributed by atoms with Crippen molar-refractivity contribution in [3.05, 3.63) is 221 Å². The van der Waals surface area contributed by atoms with Crippen LogP contribution in [0.2, 0.25) is 0 Å². The maximum absolute atomic E-state index is 13.1. The molecule has 0 bridgehead atoms. The minimum atomic E-state index is -0.810. The van der Waals surface area contributed by atoms with E-state index in [0.29, 0.717) is 39.4 Å². The van der Waals surface area contributed by atoms with Crippen molar-refractivity contribution in [2.45, 2.75) is 0 Å². The van der Waals surface area contributed by atoms with Gasteiger partial charge in [0, 0.05) is 61.8 Å². The number of hydrogen-bond donors (Lipinski definition) is 6. The van der Waals surface area contributed by atoms with E-state index in [2.05, 4.69) is 26.6 Å². The molecule has 0 heterocycles. The molecule has 0 radical (unpaired) electrons. The second kappa shape index (κ2) is 20.0. The summed E-state index contributed by atoms with van der Waals surface area (Å²) in [7, 11) is 0. The van der Waals surface area contributed by atoms with Gasteiger partial charge in [0.2, 0.25) is 5.91 Å². The van der Waals surface area contributed by atoms with E-state index in [1.54, 1.807) is 109 Å². The van der Waals surface area contributed by atoms with Gasteiger partial charge in [-0.05, 0) is 115 Å². The molecule has 6 amide bonds. The Hall–Kier alpha value is -8.64. The number of nitrogens with two attached hydrogens (primary N) is 1. The first-order valence-electron chi connectivity index (χ1n) is 18.5. The van der Waals surface area contributed by atoms with Gasteiger partial charge in [-0.15, -0.1) is 0 Å². The number of nitrogens with one attached hydrogen (secondary N) is 5. The number of primary amides is 1. The molecular formula is C48H38N6O6. The molecule has 60 heavy (non-hydrogen) atoms. The molecule has 0 atom stereocenters. The fourth-order valence-electron chi connectivity index (χ4n) is 5.61. The molecule has 7 aromatic carbocycles. The summed E-state index contributed by atoms with van der Waals surface area (Å²) in [5.41, 5.74) is 9.94. The average Bonchev–Trinajstić information content (AvgIpc) is 3.29. The zero-order chi connectivity index (χ0) is 42.3. The lowest BCUT2D eigenvalue weighted by Crippen LogP contribution is -2.19. The van der Waals surface area contributed by atoms with E-state index in [4.69, 9.17) is 5.73 Å². The van der Waals surface area contributed by atoms with Crippen LogP contribution in [0.4, 0.5) is 28.4 Å². The molecule has 7 aromatic rings. The smallest absolute Gasteiger partial charge is 0.255 e. The minimum absolute atomic E-state index is 0.0225. The predicted octanol–water partition coefficient (Wildman–Crippen LogP) is 8.73. The summed E-state index contributed by atoms with van der Waals surface area (Å²) >= 11 is 0. The normalized spacial score (nSPS) is 10.1. The van der Waals surface area contributed by atoms with Crippen molar-refractivity contribution < 1.29 is 28.8 Å². The van der Waals surface area contributed by atoms with Gasteiger partial charge in [-0.2, -0.15) is 0 Å². The van der Waals surface area contributed by atoms with Crippen molar-refractivity contribution in [1.29, 1.82) is 0 Å². The van der Waals surface area contributed by atoms with Crippen LogP contribution >= 0.6 is 0 Å². The van der Waals surface area contributed by atoms with Crippen LogP contribution in [0.3, 0.4) is 0 Å². The van der Waals surface area contributed by atoms with E-state index in [-0.39, 0.29) is 34.4 Å². The zero-order valence-electron chi connectivity index (χ0n) is 31.9. The maximum atomic E-state index is 13.1. The van der Waals surface area contributed by atoms with Crippen LogP contribution < -0.4 is 32.3 Å². The van der Waals surface area contributed by atoms with Gasteiger partial charge < -0.3 is 32.3 Å². The monoisotopic (exact) mass is 794 g/mol. The number of hydrogen-bond acceptors (Lipinski definition) is 6. The SMILES string of the molecule is NC(=O)c1cc(C(=O)Nc2ccc(NC(=O)c3ccccc3)cc2)cc(C(=O)Nc2ccc(NC(=O)c3ccccc3)cc2)c1.O=C(Nc1ccccc1)c1ccccc1. The number of carbonyl (C=O) groups excluding carboxylic acids is 6. The van der Waals surface area contributed by atoms with E-state index >= 15 is 0 Å². The molecule has 0 fully saturated rings.